The lowest BCUT2D eigenvalue weighted by atomic mass is 10.2. The third-order valence-corrected chi connectivity index (χ3v) is 2.62. The Labute approximate surface area is 104 Å². The van der Waals surface area contributed by atoms with Gasteiger partial charge in [-0.05, 0) is 20.3 Å². The molecule has 4 heteroatoms. The summed E-state index contributed by atoms with van der Waals surface area (Å²) >= 11 is 0. The van der Waals surface area contributed by atoms with Crippen LogP contribution in [-0.4, -0.2) is 23.1 Å². The van der Waals surface area contributed by atoms with Crippen LogP contribution in [0.3, 0.4) is 0 Å². The molecule has 17 heavy (non-hydrogen) atoms. The largest absolute Gasteiger partial charge is 0.477 e. The van der Waals surface area contributed by atoms with Gasteiger partial charge in [0.25, 0.3) is 0 Å². The van der Waals surface area contributed by atoms with Crippen LogP contribution in [0.4, 0.5) is 5.82 Å². The third-order valence-electron chi connectivity index (χ3n) is 2.62. The Balaban J connectivity index is 2.44. The third kappa shape index (κ3) is 4.59. The number of hydrogen-bond donors (Lipinski definition) is 1. The van der Waals surface area contributed by atoms with Gasteiger partial charge in [0, 0.05) is 6.54 Å². The maximum Gasteiger partial charge on any atom is 0.221 e. The standard InChI is InChI=1S/C13H23N3O/c1-4-6-7-8-9-17-13-11(3)12(14-5-2)15-10-16-13/h10H,4-9H2,1-3H3,(H,14,15,16). The van der Waals surface area contributed by atoms with E-state index in [1.807, 2.05) is 13.8 Å². The zero-order valence-corrected chi connectivity index (χ0v) is 11.1. The molecular weight excluding hydrogens is 214 g/mol. The summed E-state index contributed by atoms with van der Waals surface area (Å²) in [5.74, 6) is 1.57. The molecule has 96 valence electrons. The SMILES string of the molecule is CCCCCCOc1ncnc(NCC)c1C. The molecule has 0 saturated carbocycles. The fourth-order valence-electron chi connectivity index (χ4n) is 1.62. The van der Waals surface area contributed by atoms with Gasteiger partial charge in [-0.25, -0.2) is 9.97 Å². The number of nitrogens with zero attached hydrogens (tertiary/aromatic N) is 2. The Bertz CT molecular complexity index is 328. The van der Waals surface area contributed by atoms with E-state index in [9.17, 15) is 0 Å². The number of hydrogen-bond acceptors (Lipinski definition) is 4. The molecule has 1 N–H and O–H groups in total. The van der Waals surface area contributed by atoms with Crippen LogP contribution >= 0.6 is 0 Å². The first-order valence-corrected chi connectivity index (χ1v) is 6.47. The minimum atomic E-state index is 0.701. The van der Waals surface area contributed by atoms with Gasteiger partial charge in [-0.3, -0.25) is 0 Å². The van der Waals surface area contributed by atoms with Crippen molar-refractivity contribution in [3.8, 4) is 5.88 Å². The minimum Gasteiger partial charge on any atom is -0.477 e. The highest BCUT2D eigenvalue weighted by Crippen LogP contribution is 2.20. The summed E-state index contributed by atoms with van der Waals surface area (Å²) in [4.78, 5) is 8.35. The van der Waals surface area contributed by atoms with E-state index in [-0.39, 0.29) is 0 Å². The molecule has 0 aliphatic rings. The van der Waals surface area contributed by atoms with E-state index in [0.29, 0.717) is 5.88 Å². The van der Waals surface area contributed by atoms with Gasteiger partial charge in [0.15, 0.2) is 0 Å². The van der Waals surface area contributed by atoms with Crippen molar-refractivity contribution in [3.63, 3.8) is 0 Å². The summed E-state index contributed by atoms with van der Waals surface area (Å²) in [5, 5.41) is 3.20. The van der Waals surface area contributed by atoms with E-state index in [1.54, 1.807) is 6.33 Å². The smallest absolute Gasteiger partial charge is 0.221 e. The van der Waals surface area contributed by atoms with Crippen molar-refractivity contribution in [3.05, 3.63) is 11.9 Å². The van der Waals surface area contributed by atoms with Gasteiger partial charge in [-0.15, -0.1) is 0 Å². The van der Waals surface area contributed by atoms with Crippen molar-refractivity contribution >= 4 is 5.82 Å². The van der Waals surface area contributed by atoms with E-state index < -0.39 is 0 Å². The van der Waals surface area contributed by atoms with E-state index >= 15 is 0 Å². The number of ether oxygens (including phenoxy) is 1. The number of aromatic nitrogens is 2. The first-order chi connectivity index (χ1) is 8.29. The lowest BCUT2D eigenvalue weighted by Crippen LogP contribution is -2.06. The minimum absolute atomic E-state index is 0.701. The van der Waals surface area contributed by atoms with Gasteiger partial charge in [0.2, 0.25) is 5.88 Å². The zero-order valence-electron chi connectivity index (χ0n) is 11.1. The topological polar surface area (TPSA) is 47.0 Å². The van der Waals surface area contributed by atoms with Crippen LogP contribution in [0.1, 0.15) is 45.1 Å². The summed E-state index contributed by atoms with van der Waals surface area (Å²) in [5.41, 5.74) is 0.991. The lowest BCUT2D eigenvalue weighted by Gasteiger charge is -2.11. The highest BCUT2D eigenvalue weighted by Gasteiger charge is 2.06. The second-order valence-electron chi connectivity index (χ2n) is 4.09. The molecule has 0 unspecified atom stereocenters. The van der Waals surface area contributed by atoms with Crippen LogP contribution in [0.5, 0.6) is 5.88 Å². The quantitative estimate of drug-likeness (QED) is 0.705. The van der Waals surface area contributed by atoms with Crippen LogP contribution in [-0.2, 0) is 0 Å². The normalized spacial score (nSPS) is 10.3. The van der Waals surface area contributed by atoms with Crippen molar-refractivity contribution in [2.24, 2.45) is 0 Å². The van der Waals surface area contributed by atoms with Crippen molar-refractivity contribution in [1.29, 1.82) is 0 Å². The molecule has 1 aromatic rings. The average Bonchev–Trinajstić information content (AvgIpc) is 2.33. The summed E-state index contributed by atoms with van der Waals surface area (Å²) < 4.78 is 5.68. The maximum absolute atomic E-state index is 5.68. The first-order valence-electron chi connectivity index (χ1n) is 6.47. The Morgan fingerprint density at radius 3 is 2.71 bits per heavy atom. The first kappa shape index (κ1) is 13.7. The van der Waals surface area contributed by atoms with Crippen molar-refractivity contribution in [1.82, 2.24) is 9.97 Å². The molecule has 0 saturated heterocycles. The van der Waals surface area contributed by atoms with Crippen LogP contribution < -0.4 is 10.1 Å². The zero-order chi connectivity index (χ0) is 12.5. The van der Waals surface area contributed by atoms with E-state index in [1.165, 1.54) is 19.3 Å². The summed E-state index contributed by atoms with van der Waals surface area (Å²) in [6.45, 7) is 7.83. The molecule has 0 radical (unpaired) electrons. The Morgan fingerprint density at radius 1 is 1.18 bits per heavy atom. The van der Waals surface area contributed by atoms with Gasteiger partial charge < -0.3 is 10.1 Å². The molecule has 1 aromatic heterocycles. The molecule has 4 nitrogen and oxygen atoms in total. The molecular formula is C13H23N3O. The monoisotopic (exact) mass is 237 g/mol. The number of nitrogens with one attached hydrogen (secondary N) is 1. The molecule has 1 rings (SSSR count). The second kappa shape index (κ2) is 7.87. The van der Waals surface area contributed by atoms with Crippen molar-refractivity contribution < 1.29 is 4.74 Å². The summed E-state index contributed by atoms with van der Waals surface area (Å²) in [6.07, 6.45) is 6.38. The molecule has 0 atom stereocenters. The summed E-state index contributed by atoms with van der Waals surface area (Å²) in [6, 6.07) is 0. The lowest BCUT2D eigenvalue weighted by molar-refractivity contribution is 0.291. The number of rotatable bonds is 8. The van der Waals surface area contributed by atoms with Gasteiger partial charge >= 0.3 is 0 Å². The molecule has 0 amide bonds. The molecule has 0 aliphatic heterocycles. The molecule has 1 heterocycles. The van der Waals surface area contributed by atoms with E-state index in [0.717, 1.165) is 31.0 Å². The Kier molecular flexibility index (Phi) is 6.37. The molecule has 0 spiro atoms. The highest BCUT2D eigenvalue weighted by molar-refractivity contribution is 5.47. The van der Waals surface area contributed by atoms with Crippen LogP contribution in [0, 0.1) is 6.92 Å². The molecule has 0 aromatic carbocycles. The van der Waals surface area contributed by atoms with Gasteiger partial charge in [0.1, 0.15) is 12.1 Å². The predicted molar refractivity (Wildman–Crippen MR) is 70.6 cm³/mol. The predicted octanol–water partition coefficient (Wildman–Crippen LogP) is 3.18. The van der Waals surface area contributed by atoms with Crippen molar-refractivity contribution in [2.75, 3.05) is 18.5 Å². The van der Waals surface area contributed by atoms with E-state index in [4.69, 9.17) is 4.74 Å². The Morgan fingerprint density at radius 2 is 2.00 bits per heavy atom. The number of unbranched alkanes of at least 4 members (excludes halogenated alkanes) is 3. The van der Waals surface area contributed by atoms with Gasteiger partial charge in [-0.1, -0.05) is 26.2 Å². The molecule has 0 bridgehead atoms. The number of anilines is 1. The molecule has 0 fully saturated rings. The Hall–Kier alpha value is -1.32. The maximum atomic E-state index is 5.68. The average molecular weight is 237 g/mol. The van der Waals surface area contributed by atoms with Gasteiger partial charge in [-0.2, -0.15) is 0 Å². The molecule has 0 aliphatic carbocycles. The van der Waals surface area contributed by atoms with Crippen LogP contribution in [0.15, 0.2) is 6.33 Å². The van der Waals surface area contributed by atoms with Gasteiger partial charge in [0.05, 0.1) is 12.2 Å². The van der Waals surface area contributed by atoms with Crippen LogP contribution in [0.2, 0.25) is 0 Å². The fourth-order valence-corrected chi connectivity index (χ4v) is 1.62. The van der Waals surface area contributed by atoms with Crippen LogP contribution in [0.25, 0.3) is 0 Å². The van der Waals surface area contributed by atoms with Crippen molar-refractivity contribution in [2.45, 2.75) is 46.5 Å². The summed E-state index contributed by atoms with van der Waals surface area (Å²) in [7, 11) is 0. The second-order valence-corrected chi connectivity index (χ2v) is 4.09. The van der Waals surface area contributed by atoms with E-state index in [2.05, 4.69) is 22.2 Å². The highest BCUT2D eigenvalue weighted by atomic mass is 16.5. The fraction of sp³-hybridized carbons (Fsp3) is 0.692.